The van der Waals surface area contributed by atoms with E-state index in [2.05, 4.69) is 15.5 Å². The van der Waals surface area contributed by atoms with Crippen LogP contribution in [-0.4, -0.2) is 72.6 Å². The second-order valence-corrected chi connectivity index (χ2v) is 8.97. The molecule has 12 heteroatoms. The number of hydrogen-bond donors (Lipinski definition) is 2. The van der Waals surface area contributed by atoms with E-state index in [4.69, 9.17) is 10.00 Å². The largest absolute Gasteiger partial charge is 0.484 e. The second-order valence-electron chi connectivity index (χ2n) is 7.94. The van der Waals surface area contributed by atoms with Crippen molar-refractivity contribution in [3.63, 3.8) is 0 Å². The third kappa shape index (κ3) is 6.50. The summed E-state index contributed by atoms with van der Waals surface area (Å²) >= 11 is 1.00. The molecule has 2 heterocycles. The van der Waals surface area contributed by atoms with Gasteiger partial charge in [0.1, 0.15) is 27.6 Å². The normalized spacial score (nSPS) is 15.0. The standard InChI is InChI=1S/C24H27N7O4S/c1-3-31-23(34)20(36-24(31)19(14-26)22(33)27-8-7-25)15-28-17-5-4-6-18(13-17)35-16-21(32)30-11-9-29(2)10-12-30/h4-6,13,15,28H,3,8-12,16H2,1-2H3,(H,27,33)/b20-15+,24-19-. The number of nitrogens with one attached hydrogen (secondary N) is 2. The maximum absolute atomic E-state index is 12.8. The minimum absolute atomic E-state index is 0.0625. The van der Waals surface area contributed by atoms with E-state index in [1.807, 2.05) is 13.1 Å². The van der Waals surface area contributed by atoms with Crippen molar-refractivity contribution >= 4 is 40.6 Å². The first kappa shape index (κ1) is 26.5. The van der Waals surface area contributed by atoms with Gasteiger partial charge in [0.2, 0.25) is 0 Å². The first-order chi connectivity index (χ1) is 17.4. The maximum atomic E-state index is 12.8. The number of piperazine rings is 1. The molecule has 36 heavy (non-hydrogen) atoms. The van der Waals surface area contributed by atoms with Gasteiger partial charge in [0.25, 0.3) is 17.4 Å². The lowest BCUT2D eigenvalue weighted by atomic mass is 10.3. The topological polar surface area (TPSA) is 143 Å². The van der Waals surface area contributed by atoms with E-state index >= 15 is 0 Å². The zero-order chi connectivity index (χ0) is 26.1. The van der Waals surface area contributed by atoms with Crippen LogP contribution >= 0.6 is 11.3 Å². The van der Waals surface area contributed by atoms with Crippen molar-refractivity contribution in [2.75, 3.05) is 51.7 Å². The van der Waals surface area contributed by atoms with Crippen LogP contribution in [0, 0.1) is 22.7 Å². The fraction of sp³-hybridized carbons (Fsp3) is 0.375. The number of rotatable bonds is 8. The van der Waals surface area contributed by atoms with Crippen molar-refractivity contribution in [1.29, 1.82) is 10.5 Å². The van der Waals surface area contributed by atoms with Crippen molar-refractivity contribution < 1.29 is 14.3 Å². The molecular weight excluding hydrogens is 482 g/mol. The van der Waals surface area contributed by atoms with Crippen molar-refractivity contribution in [2.45, 2.75) is 13.5 Å². The Kier molecular flexibility index (Phi) is 9.22. The van der Waals surface area contributed by atoms with Gasteiger partial charge in [-0.3, -0.25) is 19.0 Å². The molecule has 0 atom stereocenters. The van der Waals surface area contributed by atoms with E-state index in [-0.39, 0.29) is 41.4 Å². The number of amides is 2. The van der Waals surface area contributed by atoms with Gasteiger partial charge < -0.3 is 25.2 Å². The highest BCUT2D eigenvalue weighted by Crippen LogP contribution is 2.17. The van der Waals surface area contributed by atoms with E-state index < -0.39 is 5.91 Å². The van der Waals surface area contributed by atoms with Crippen LogP contribution in [0.3, 0.4) is 0 Å². The summed E-state index contributed by atoms with van der Waals surface area (Å²) in [5.41, 5.74) is 0.0541. The van der Waals surface area contributed by atoms with Crippen LogP contribution < -0.4 is 30.1 Å². The number of hydrogen-bond acceptors (Lipinski definition) is 9. The Morgan fingerprint density at radius 2 is 1.97 bits per heavy atom. The van der Waals surface area contributed by atoms with Crippen LogP contribution in [0.4, 0.5) is 5.69 Å². The van der Waals surface area contributed by atoms with Crippen molar-refractivity contribution in [1.82, 2.24) is 19.7 Å². The summed E-state index contributed by atoms with van der Waals surface area (Å²) in [7, 11) is 2.02. The fourth-order valence-corrected chi connectivity index (χ4v) is 4.60. The van der Waals surface area contributed by atoms with Gasteiger partial charge in [-0.25, -0.2) is 0 Å². The van der Waals surface area contributed by atoms with Gasteiger partial charge in [0, 0.05) is 50.7 Å². The zero-order valence-electron chi connectivity index (χ0n) is 20.1. The number of nitrogens with zero attached hydrogens (tertiary/aromatic N) is 5. The monoisotopic (exact) mass is 509 g/mol. The Hall–Kier alpha value is -4.13. The quantitative estimate of drug-likeness (QED) is 0.443. The molecule has 11 nitrogen and oxygen atoms in total. The van der Waals surface area contributed by atoms with Crippen LogP contribution in [0.15, 0.2) is 29.1 Å². The number of aromatic nitrogens is 1. The Bertz CT molecular complexity index is 1370. The van der Waals surface area contributed by atoms with Gasteiger partial charge in [-0.15, -0.1) is 11.3 Å². The smallest absolute Gasteiger partial charge is 0.270 e. The molecule has 2 N–H and O–H groups in total. The van der Waals surface area contributed by atoms with Crippen molar-refractivity contribution in [2.24, 2.45) is 0 Å². The third-order valence-corrected chi connectivity index (χ3v) is 6.66. The number of anilines is 1. The summed E-state index contributed by atoms with van der Waals surface area (Å²) < 4.78 is 7.53. The van der Waals surface area contributed by atoms with Crippen molar-refractivity contribution in [3.8, 4) is 17.9 Å². The number of thiazole rings is 1. The Labute approximate surface area is 212 Å². The number of likely N-dealkylation sites (N-methyl/N-ethyl adjacent to an activating group) is 1. The fourth-order valence-electron chi connectivity index (χ4n) is 3.51. The molecule has 0 unspecified atom stereocenters. The SMILES string of the molecule is CCn1c(=O)/c(=C\Nc2cccc(OCC(=O)N3CCN(C)CC3)c2)s/c1=C(/C#N)C(=O)NCC#N. The van der Waals surface area contributed by atoms with Gasteiger partial charge in [-0.2, -0.15) is 10.5 Å². The summed E-state index contributed by atoms with van der Waals surface area (Å²) in [5.74, 6) is -0.274. The molecule has 1 fully saturated rings. The van der Waals surface area contributed by atoms with Gasteiger partial charge in [-0.1, -0.05) is 6.07 Å². The molecule has 1 aromatic carbocycles. The minimum Gasteiger partial charge on any atom is -0.484 e. The predicted molar refractivity (Wildman–Crippen MR) is 135 cm³/mol. The lowest BCUT2D eigenvalue weighted by Crippen LogP contribution is -2.48. The van der Waals surface area contributed by atoms with E-state index in [1.54, 1.807) is 42.2 Å². The number of carbonyl (C=O) groups is 2. The van der Waals surface area contributed by atoms with Crippen LogP contribution in [0.1, 0.15) is 6.92 Å². The highest BCUT2D eigenvalue weighted by atomic mass is 32.1. The molecular formula is C24H27N7O4S. The van der Waals surface area contributed by atoms with Crippen LogP contribution in [0.5, 0.6) is 5.75 Å². The summed E-state index contributed by atoms with van der Waals surface area (Å²) in [5, 5.41) is 23.5. The highest BCUT2D eigenvalue weighted by molar-refractivity contribution is 7.07. The highest BCUT2D eigenvalue weighted by Gasteiger charge is 2.19. The van der Waals surface area contributed by atoms with Crippen LogP contribution in [0.25, 0.3) is 11.8 Å². The lowest BCUT2D eigenvalue weighted by molar-refractivity contribution is -0.134. The summed E-state index contributed by atoms with van der Waals surface area (Å²) in [4.78, 5) is 41.5. The number of ether oxygens (including phenoxy) is 1. The molecule has 0 aliphatic carbocycles. The Morgan fingerprint density at radius 3 is 2.64 bits per heavy atom. The number of carbonyl (C=O) groups excluding carboxylic acids is 2. The first-order valence-electron chi connectivity index (χ1n) is 11.3. The predicted octanol–water partition coefficient (Wildman–Crippen LogP) is -0.753. The number of nitriles is 2. The van der Waals surface area contributed by atoms with Crippen LogP contribution in [-0.2, 0) is 16.1 Å². The minimum atomic E-state index is -0.710. The molecule has 1 aromatic heterocycles. The zero-order valence-corrected chi connectivity index (χ0v) is 20.9. The molecule has 188 valence electrons. The molecule has 0 radical (unpaired) electrons. The molecule has 1 saturated heterocycles. The molecule has 0 bridgehead atoms. The Morgan fingerprint density at radius 1 is 1.22 bits per heavy atom. The molecule has 1 aliphatic rings. The van der Waals surface area contributed by atoms with Crippen LogP contribution in [0.2, 0.25) is 0 Å². The number of benzene rings is 1. The molecule has 3 rings (SSSR count). The second kappa shape index (κ2) is 12.5. The summed E-state index contributed by atoms with van der Waals surface area (Å²) in [6.07, 6.45) is 1.50. The third-order valence-electron chi connectivity index (χ3n) is 5.53. The first-order valence-corrected chi connectivity index (χ1v) is 12.1. The van der Waals surface area contributed by atoms with E-state index in [1.165, 1.54) is 10.8 Å². The summed E-state index contributed by atoms with van der Waals surface area (Å²) in [6.45, 7) is 4.73. The molecule has 0 spiro atoms. The van der Waals surface area contributed by atoms with Gasteiger partial charge >= 0.3 is 0 Å². The van der Waals surface area contributed by atoms with Gasteiger partial charge in [0.05, 0.1) is 6.07 Å². The van der Waals surface area contributed by atoms with Gasteiger partial charge in [-0.05, 0) is 26.1 Å². The average molecular weight is 510 g/mol. The average Bonchev–Trinajstić information content (AvgIpc) is 3.20. The van der Waals surface area contributed by atoms with E-state index in [0.29, 0.717) is 29.1 Å². The van der Waals surface area contributed by atoms with E-state index in [9.17, 15) is 19.6 Å². The maximum Gasteiger partial charge on any atom is 0.270 e. The molecule has 0 saturated carbocycles. The van der Waals surface area contributed by atoms with Gasteiger partial charge in [0.15, 0.2) is 12.2 Å². The molecule has 1 aliphatic heterocycles. The Balaban J connectivity index is 1.76. The molecule has 2 aromatic rings. The van der Waals surface area contributed by atoms with Crippen molar-refractivity contribution in [3.05, 3.63) is 43.8 Å². The lowest BCUT2D eigenvalue weighted by Gasteiger charge is -2.32. The summed E-state index contributed by atoms with van der Waals surface area (Å²) in [6, 6.07) is 10.6. The molecule has 2 amide bonds. The van der Waals surface area contributed by atoms with E-state index in [0.717, 1.165) is 24.4 Å².